The predicted octanol–water partition coefficient (Wildman–Crippen LogP) is 2.72. The molecule has 9 nitrogen and oxygen atoms in total. The van der Waals surface area contributed by atoms with Gasteiger partial charge >= 0.3 is 5.97 Å². The summed E-state index contributed by atoms with van der Waals surface area (Å²) in [5.41, 5.74) is 2.61. The molecule has 0 amide bonds. The molecule has 0 aliphatic carbocycles. The highest BCUT2D eigenvalue weighted by Crippen LogP contribution is 2.40. The van der Waals surface area contributed by atoms with E-state index < -0.39 is 12.0 Å². The second-order valence-electron chi connectivity index (χ2n) is 6.68. The fourth-order valence-corrected chi connectivity index (χ4v) is 3.41. The lowest BCUT2D eigenvalue weighted by Gasteiger charge is -2.28. The summed E-state index contributed by atoms with van der Waals surface area (Å²) in [5.74, 6) is 1.14. The quantitative estimate of drug-likeness (QED) is 0.623. The van der Waals surface area contributed by atoms with Crippen LogP contribution < -0.4 is 14.8 Å². The number of nitrogens with zero attached hydrogens (tertiary/aromatic N) is 4. The van der Waals surface area contributed by atoms with Crippen molar-refractivity contribution in [2.45, 2.75) is 19.6 Å². The van der Waals surface area contributed by atoms with E-state index in [1.54, 1.807) is 33.3 Å². The number of benzene rings is 2. The molecule has 0 fully saturated rings. The van der Waals surface area contributed by atoms with E-state index in [4.69, 9.17) is 14.2 Å². The summed E-state index contributed by atoms with van der Waals surface area (Å²) < 4.78 is 18.0. The molecule has 0 saturated carbocycles. The van der Waals surface area contributed by atoms with E-state index >= 15 is 0 Å². The maximum absolute atomic E-state index is 13.2. The van der Waals surface area contributed by atoms with Gasteiger partial charge in [-0.25, -0.2) is 4.79 Å². The first-order chi connectivity index (χ1) is 14.6. The molecule has 2 heterocycles. The molecule has 154 valence electrons. The van der Waals surface area contributed by atoms with Crippen LogP contribution in [0.4, 0.5) is 5.95 Å². The maximum Gasteiger partial charge on any atom is 0.338 e. The Morgan fingerprint density at radius 3 is 2.67 bits per heavy atom. The molecule has 0 saturated heterocycles. The number of hydrogen-bond acceptors (Lipinski definition) is 8. The van der Waals surface area contributed by atoms with Crippen LogP contribution in [-0.4, -0.2) is 40.4 Å². The van der Waals surface area contributed by atoms with Crippen molar-refractivity contribution in [3.63, 3.8) is 0 Å². The van der Waals surface area contributed by atoms with Gasteiger partial charge in [-0.2, -0.15) is 4.68 Å². The molecule has 4 rings (SSSR count). The molecule has 3 aromatic rings. The predicted molar refractivity (Wildman–Crippen MR) is 108 cm³/mol. The molecule has 1 atom stereocenters. The molecule has 1 aliphatic rings. The topological polar surface area (TPSA) is 100 Å². The SMILES string of the molecule is COc1ccc([C@@H]2C(C(=O)OCc3ccccc3)=C(C)Nc3nnnn32)c(OC)c1. The monoisotopic (exact) mass is 407 g/mol. The third-order valence-electron chi connectivity index (χ3n) is 4.88. The molecular weight excluding hydrogens is 386 g/mol. The van der Waals surface area contributed by atoms with E-state index in [-0.39, 0.29) is 6.61 Å². The minimum atomic E-state index is -0.625. The lowest BCUT2D eigenvalue weighted by Crippen LogP contribution is -2.30. The average Bonchev–Trinajstić information content (AvgIpc) is 3.24. The number of ether oxygens (including phenoxy) is 3. The zero-order chi connectivity index (χ0) is 21.1. The van der Waals surface area contributed by atoms with Gasteiger partial charge in [-0.15, -0.1) is 0 Å². The smallest absolute Gasteiger partial charge is 0.338 e. The van der Waals surface area contributed by atoms with Crippen LogP contribution in [0, 0.1) is 0 Å². The Kier molecular flexibility index (Phi) is 5.34. The first-order valence-corrected chi connectivity index (χ1v) is 9.31. The number of aromatic nitrogens is 4. The molecule has 2 aromatic carbocycles. The first-order valence-electron chi connectivity index (χ1n) is 9.31. The number of carbonyl (C=O) groups is 1. The van der Waals surface area contributed by atoms with E-state index in [0.29, 0.717) is 34.3 Å². The highest BCUT2D eigenvalue weighted by molar-refractivity contribution is 5.92. The molecule has 0 spiro atoms. The fourth-order valence-electron chi connectivity index (χ4n) is 3.41. The van der Waals surface area contributed by atoms with E-state index in [9.17, 15) is 4.79 Å². The van der Waals surface area contributed by atoms with Crippen LogP contribution in [0.5, 0.6) is 11.5 Å². The van der Waals surface area contributed by atoms with Crippen molar-refractivity contribution < 1.29 is 19.0 Å². The minimum absolute atomic E-state index is 0.158. The van der Waals surface area contributed by atoms with Crippen LogP contribution in [0.15, 0.2) is 59.8 Å². The van der Waals surface area contributed by atoms with E-state index in [1.165, 1.54) is 4.68 Å². The van der Waals surface area contributed by atoms with Crippen LogP contribution >= 0.6 is 0 Å². The summed E-state index contributed by atoms with van der Waals surface area (Å²) in [6, 6.07) is 14.3. The van der Waals surface area contributed by atoms with Gasteiger partial charge in [0.25, 0.3) is 0 Å². The summed E-state index contributed by atoms with van der Waals surface area (Å²) >= 11 is 0. The van der Waals surface area contributed by atoms with Crippen LogP contribution in [0.2, 0.25) is 0 Å². The average molecular weight is 407 g/mol. The van der Waals surface area contributed by atoms with Crippen molar-refractivity contribution >= 4 is 11.9 Å². The Hall–Kier alpha value is -3.88. The normalized spacial score (nSPS) is 15.2. The minimum Gasteiger partial charge on any atom is -0.497 e. The Labute approximate surface area is 173 Å². The maximum atomic E-state index is 13.2. The van der Waals surface area contributed by atoms with E-state index in [1.807, 2.05) is 36.4 Å². The number of esters is 1. The van der Waals surface area contributed by atoms with Gasteiger partial charge in [0.1, 0.15) is 24.1 Å². The Bertz CT molecular complexity index is 1090. The third kappa shape index (κ3) is 3.57. The van der Waals surface area contributed by atoms with Gasteiger partial charge in [0.15, 0.2) is 0 Å². The summed E-state index contributed by atoms with van der Waals surface area (Å²) in [5, 5.41) is 14.9. The van der Waals surface area contributed by atoms with Crippen molar-refractivity contribution in [3.05, 3.63) is 70.9 Å². The van der Waals surface area contributed by atoms with E-state index in [0.717, 1.165) is 5.56 Å². The summed E-state index contributed by atoms with van der Waals surface area (Å²) in [4.78, 5) is 13.2. The molecule has 9 heteroatoms. The van der Waals surface area contributed by atoms with Crippen LogP contribution in [0.3, 0.4) is 0 Å². The molecule has 0 radical (unpaired) electrons. The molecule has 0 bridgehead atoms. The molecule has 1 aromatic heterocycles. The van der Waals surface area contributed by atoms with Crippen molar-refractivity contribution in [2.75, 3.05) is 19.5 Å². The number of anilines is 1. The number of carbonyl (C=O) groups excluding carboxylic acids is 1. The molecular formula is C21H21N5O4. The number of allylic oxidation sites excluding steroid dienone is 1. The molecule has 30 heavy (non-hydrogen) atoms. The number of nitrogens with one attached hydrogen (secondary N) is 1. The van der Waals surface area contributed by atoms with Crippen LogP contribution in [-0.2, 0) is 16.1 Å². The van der Waals surface area contributed by atoms with Crippen molar-refractivity contribution in [2.24, 2.45) is 0 Å². The van der Waals surface area contributed by atoms with Gasteiger partial charge in [-0.05, 0) is 35.0 Å². The van der Waals surface area contributed by atoms with Gasteiger partial charge in [-0.1, -0.05) is 35.4 Å². The number of rotatable bonds is 6. The van der Waals surface area contributed by atoms with Crippen LogP contribution in [0.1, 0.15) is 24.1 Å². The van der Waals surface area contributed by atoms with Gasteiger partial charge in [0.05, 0.1) is 19.8 Å². The standard InChI is InChI=1S/C21H21N5O4/c1-13-18(20(27)30-12-14-7-5-4-6-8-14)19(26-21(22-13)23-24-25-26)16-10-9-15(28-2)11-17(16)29-3/h4-11,19H,12H2,1-3H3,(H,22,23,25)/t19-/m1/s1. The summed E-state index contributed by atoms with van der Waals surface area (Å²) in [6.45, 7) is 1.95. The molecule has 1 N–H and O–H groups in total. The summed E-state index contributed by atoms with van der Waals surface area (Å²) in [7, 11) is 3.14. The number of hydrogen-bond donors (Lipinski definition) is 1. The van der Waals surface area contributed by atoms with Crippen molar-refractivity contribution in [1.82, 2.24) is 20.2 Å². The second kappa shape index (κ2) is 8.24. The third-order valence-corrected chi connectivity index (χ3v) is 4.88. The zero-order valence-corrected chi connectivity index (χ0v) is 16.8. The highest BCUT2D eigenvalue weighted by Gasteiger charge is 2.36. The molecule has 1 aliphatic heterocycles. The first kappa shape index (κ1) is 19.4. The highest BCUT2D eigenvalue weighted by atomic mass is 16.5. The van der Waals surface area contributed by atoms with Crippen molar-refractivity contribution in [1.29, 1.82) is 0 Å². The Morgan fingerprint density at radius 2 is 1.93 bits per heavy atom. The van der Waals surface area contributed by atoms with Gasteiger partial charge in [-0.3, -0.25) is 0 Å². The number of tetrazole rings is 1. The number of methoxy groups -OCH3 is 2. The van der Waals surface area contributed by atoms with Gasteiger partial charge < -0.3 is 19.5 Å². The second-order valence-corrected chi connectivity index (χ2v) is 6.68. The number of fused-ring (bicyclic) bond motifs is 1. The summed E-state index contributed by atoms with van der Waals surface area (Å²) in [6.07, 6.45) is 0. The van der Waals surface area contributed by atoms with Crippen LogP contribution in [0.25, 0.3) is 0 Å². The zero-order valence-electron chi connectivity index (χ0n) is 16.8. The van der Waals surface area contributed by atoms with Crippen molar-refractivity contribution in [3.8, 4) is 11.5 Å². The lowest BCUT2D eigenvalue weighted by molar-refractivity contribution is -0.140. The largest absolute Gasteiger partial charge is 0.497 e. The van der Waals surface area contributed by atoms with E-state index in [2.05, 4.69) is 20.8 Å². The van der Waals surface area contributed by atoms with Gasteiger partial charge in [0.2, 0.25) is 5.95 Å². The Balaban J connectivity index is 1.73. The fraction of sp³-hybridized carbons (Fsp3) is 0.238. The molecule has 0 unspecified atom stereocenters. The lowest BCUT2D eigenvalue weighted by atomic mass is 9.95. The Morgan fingerprint density at radius 1 is 1.13 bits per heavy atom. The van der Waals surface area contributed by atoms with Gasteiger partial charge in [0, 0.05) is 17.3 Å².